The van der Waals surface area contributed by atoms with Crippen LogP contribution in [0.2, 0.25) is 0 Å². The van der Waals surface area contributed by atoms with Crippen molar-refractivity contribution in [1.29, 1.82) is 0 Å². The van der Waals surface area contributed by atoms with Crippen molar-refractivity contribution in [3.8, 4) is 11.5 Å². The number of aliphatic carboxylic acids is 1. The van der Waals surface area contributed by atoms with Gasteiger partial charge in [-0.2, -0.15) is 13.2 Å². The van der Waals surface area contributed by atoms with Crippen molar-refractivity contribution < 1.29 is 33.3 Å². The van der Waals surface area contributed by atoms with Crippen LogP contribution in [0.5, 0.6) is 11.5 Å². The first-order chi connectivity index (χ1) is 12.1. The maximum Gasteiger partial charge on any atom is 0.490 e. The lowest BCUT2D eigenvalue weighted by atomic mass is 9.89. The number of nitrogens with one attached hydrogen (secondary N) is 1. The van der Waals surface area contributed by atoms with Crippen molar-refractivity contribution in [3.63, 3.8) is 0 Å². The van der Waals surface area contributed by atoms with Crippen LogP contribution >= 0.6 is 15.9 Å². The van der Waals surface area contributed by atoms with E-state index >= 15 is 0 Å². The van der Waals surface area contributed by atoms with Gasteiger partial charge in [0, 0.05) is 11.0 Å². The van der Waals surface area contributed by atoms with E-state index in [1.165, 1.54) is 0 Å². The second-order valence-electron chi connectivity index (χ2n) is 5.53. The molecular weight excluding hydrogens is 419 g/mol. The Bertz CT molecular complexity index is 794. The Morgan fingerprint density at radius 3 is 2.19 bits per heavy atom. The molecule has 0 bridgehead atoms. The van der Waals surface area contributed by atoms with Crippen LogP contribution in [0.4, 0.5) is 13.2 Å². The van der Waals surface area contributed by atoms with Crippen LogP contribution in [0.1, 0.15) is 22.7 Å². The smallest absolute Gasteiger partial charge is 0.490 e. The molecule has 0 amide bonds. The van der Waals surface area contributed by atoms with Crippen LogP contribution in [0.25, 0.3) is 0 Å². The summed E-state index contributed by atoms with van der Waals surface area (Å²) in [7, 11) is 0. The zero-order valence-corrected chi connectivity index (χ0v) is 14.8. The largest absolute Gasteiger partial charge is 0.504 e. The van der Waals surface area contributed by atoms with Crippen LogP contribution in [-0.2, 0) is 11.2 Å². The summed E-state index contributed by atoms with van der Waals surface area (Å²) < 4.78 is 32.8. The number of benzene rings is 2. The molecule has 0 radical (unpaired) electrons. The zero-order chi connectivity index (χ0) is 19.5. The van der Waals surface area contributed by atoms with E-state index in [9.17, 15) is 23.4 Å². The Kier molecular flexibility index (Phi) is 6.14. The van der Waals surface area contributed by atoms with Crippen molar-refractivity contribution in [2.24, 2.45) is 0 Å². The second kappa shape index (κ2) is 7.96. The predicted octanol–water partition coefficient (Wildman–Crippen LogP) is 3.73. The maximum absolute atomic E-state index is 10.6. The van der Waals surface area contributed by atoms with Crippen molar-refractivity contribution >= 4 is 21.9 Å². The number of carboxylic acids is 1. The monoisotopic (exact) mass is 433 g/mol. The molecule has 0 saturated heterocycles. The van der Waals surface area contributed by atoms with Gasteiger partial charge in [0.05, 0.1) is 6.04 Å². The molecule has 5 nitrogen and oxygen atoms in total. The third-order valence-corrected chi connectivity index (χ3v) is 4.26. The molecule has 0 aromatic heterocycles. The van der Waals surface area contributed by atoms with Crippen LogP contribution in [0.15, 0.2) is 40.9 Å². The van der Waals surface area contributed by atoms with Gasteiger partial charge in [-0.15, -0.1) is 0 Å². The first-order valence-electron chi connectivity index (χ1n) is 7.43. The van der Waals surface area contributed by atoms with E-state index in [1.54, 1.807) is 12.1 Å². The summed E-state index contributed by atoms with van der Waals surface area (Å²) in [5.74, 6) is -2.87. The molecule has 1 unspecified atom stereocenters. The van der Waals surface area contributed by atoms with Crippen LogP contribution < -0.4 is 5.32 Å². The van der Waals surface area contributed by atoms with Crippen LogP contribution in [-0.4, -0.2) is 34.0 Å². The lowest BCUT2D eigenvalue weighted by Crippen LogP contribution is -2.30. The van der Waals surface area contributed by atoms with E-state index in [2.05, 4.69) is 33.4 Å². The third-order valence-electron chi connectivity index (χ3n) is 3.74. The molecule has 1 atom stereocenters. The molecule has 3 rings (SSSR count). The van der Waals surface area contributed by atoms with Gasteiger partial charge in [0.2, 0.25) is 0 Å². The number of rotatable bonds is 1. The molecule has 0 aliphatic carbocycles. The van der Waals surface area contributed by atoms with Crippen molar-refractivity contribution in [1.82, 2.24) is 5.32 Å². The Labute approximate surface area is 155 Å². The summed E-state index contributed by atoms with van der Waals surface area (Å²) in [4.78, 5) is 8.90. The lowest BCUT2D eigenvalue weighted by molar-refractivity contribution is -0.192. The molecule has 0 fully saturated rings. The number of aromatic hydroxyl groups is 2. The highest BCUT2D eigenvalue weighted by atomic mass is 79.9. The average Bonchev–Trinajstić information content (AvgIpc) is 2.56. The first-order valence-corrected chi connectivity index (χ1v) is 8.22. The number of hydrogen-bond donors (Lipinski definition) is 4. The van der Waals surface area contributed by atoms with Gasteiger partial charge in [0.1, 0.15) is 0 Å². The highest BCUT2D eigenvalue weighted by Gasteiger charge is 2.38. The number of halogens is 4. The van der Waals surface area contributed by atoms with E-state index in [1.807, 2.05) is 12.1 Å². The highest BCUT2D eigenvalue weighted by Crippen LogP contribution is 2.36. The van der Waals surface area contributed by atoms with Crippen molar-refractivity contribution in [2.75, 3.05) is 6.54 Å². The third kappa shape index (κ3) is 4.89. The lowest BCUT2D eigenvalue weighted by Gasteiger charge is -2.27. The van der Waals surface area contributed by atoms with E-state index in [0.717, 1.165) is 34.1 Å². The fourth-order valence-electron chi connectivity index (χ4n) is 2.54. The quantitative estimate of drug-likeness (QED) is 0.514. The molecular formula is C17H15BrF3NO4. The minimum absolute atomic E-state index is 0.0461. The molecule has 0 saturated carbocycles. The second-order valence-corrected chi connectivity index (χ2v) is 6.45. The number of hydrogen-bond acceptors (Lipinski definition) is 4. The fourth-order valence-corrected chi connectivity index (χ4v) is 2.80. The Morgan fingerprint density at radius 2 is 1.65 bits per heavy atom. The minimum Gasteiger partial charge on any atom is -0.504 e. The molecule has 140 valence electrons. The predicted molar refractivity (Wildman–Crippen MR) is 91.2 cm³/mol. The minimum atomic E-state index is -5.08. The topological polar surface area (TPSA) is 89.8 Å². The van der Waals surface area contributed by atoms with Gasteiger partial charge >= 0.3 is 12.1 Å². The van der Waals surface area contributed by atoms with Gasteiger partial charge in [-0.05, 0) is 47.4 Å². The fraction of sp³-hybridized carbons (Fsp3) is 0.235. The van der Waals surface area contributed by atoms with E-state index in [4.69, 9.17) is 9.90 Å². The normalized spacial score (nSPS) is 16.2. The number of carboxylic acid groups (broad SMARTS) is 1. The zero-order valence-electron chi connectivity index (χ0n) is 13.2. The average molecular weight is 434 g/mol. The molecule has 9 heteroatoms. The number of fused-ring (bicyclic) bond motifs is 1. The summed E-state index contributed by atoms with van der Waals surface area (Å²) in [5.41, 5.74) is 3.26. The van der Waals surface area contributed by atoms with E-state index in [-0.39, 0.29) is 17.5 Å². The van der Waals surface area contributed by atoms with Crippen molar-refractivity contribution in [2.45, 2.75) is 18.6 Å². The van der Waals surface area contributed by atoms with Gasteiger partial charge in [0.15, 0.2) is 11.5 Å². The van der Waals surface area contributed by atoms with Gasteiger partial charge in [-0.3, -0.25) is 0 Å². The Hall–Kier alpha value is -2.26. The van der Waals surface area contributed by atoms with Crippen molar-refractivity contribution in [3.05, 3.63) is 57.6 Å². The molecule has 26 heavy (non-hydrogen) atoms. The molecule has 2 aromatic rings. The maximum atomic E-state index is 10.6. The molecule has 2 aromatic carbocycles. The SMILES string of the molecule is O=C(O)C(F)(F)F.Oc1cc2c(cc1O)C(c1ccc(Br)cc1)NCC2. The van der Waals surface area contributed by atoms with Crippen LogP contribution in [0.3, 0.4) is 0 Å². The molecule has 0 spiro atoms. The highest BCUT2D eigenvalue weighted by molar-refractivity contribution is 9.10. The van der Waals surface area contributed by atoms with E-state index in [0.29, 0.717) is 0 Å². The first kappa shape index (κ1) is 20.1. The summed E-state index contributed by atoms with van der Waals surface area (Å²) in [5, 5.41) is 29.9. The summed E-state index contributed by atoms with van der Waals surface area (Å²) >= 11 is 3.43. The number of carbonyl (C=O) groups is 1. The standard InChI is InChI=1S/C15H14BrNO2.C2HF3O2/c16-11-3-1-9(2-4-11)15-12-8-14(19)13(18)7-10(12)5-6-17-15;3-2(4,5)1(6)7/h1-4,7-8,15,17-19H,5-6H2;(H,6,7). The molecule has 1 aliphatic rings. The number of phenolic OH excluding ortho intramolecular Hbond substituents is 2. The van der Waals surface area contributed by atoms with Crippen LogP contribution in [0, 0.1) is 0 Å². The summed E-state index contributed by atoms with van der Waals surface area (Å²) in [6, 6.07) is 11.5. The van der Waals surface area contributed by atoms with Gasteiger partial charge in [-0.1, -0.05) is 28.1 Å². The Morgan fingerprint density at radius 1 is 1.12 bits per heavy atom. The number of alkyl halides is 3. The number of phenols is 2. The van der Waals surface area contributed by atoms with Gasteiger partial charge < -0.3 is 20.6 Å². The van der Waals surface area contributed by atoms with Gasteiger partial charge in [-0.25, -0.2) is 4.79 Å². The Balaban J connectivity index is 0.000000298. The summed E-state index contributed by atoms with van der Waals surface area (Å²) in [6.07, 6.45) is -4.23. The molecule has 1 aliphatic heterocycles. The molecule has 4 N–H and O–H groups in total. The van der Waals surface area contributed by atoms with Gasteiger partial charge in [0.25, 0.3) is 0 Å². The summed E-state index contributed by atoms with van der Waals surface area (Å²) in [6.45, 7) is 0.859. The molecule has 1 heterocycles. The van der Waals surface area contributed by atoms with E-state index < -0.39 is 12.1 Å².